The van der Waals surface area contributed by atoms with Gasteiger partial charge in [0.1, 0.15) is 6.10 Å². The molecule has 96 valence electrons. The number of aliphatic hydroxyl groups is 1. The number of nitrogens with one attached hydrogen (secondary N) is 2. The minimum absolute atomic E-state index is 0.0395. The first-order valence-electron chi connectivity index (χ1n) is 5.93. The van der Waals surface area contributed by atoms with Gasteiger partial charge in [-0.15, -0.1) is 0 Å². The summed E-state index contributed by atoms with van der Waals surface area (Å²) in [6.07, 6.45) is 0.220. The molecule has 5 nitrogen and oxygen atoms in total. The highest BCUT2D eigenvalue weighted by atomic mass is 16.3. The van der Waals surface area contributed by atoms with E-state index in [1.165, 1.54) is 6.92 Å². The van der Waals surface area contributed by atoms with Crippen molar-refractivity contribution >= 4 is 17.5 Å². The highest BCUT2D eigenvalue weighted by Gasteiger charge is 2.15. The van der Waals surface area contributed by atoms with Gasteiger partial charge in [-0.3, -0.25) is 9.59 Å². The molecule has 0 saturated carbocycles. The number of aliphatic hydroxyl groups excluding tert-OH is 1. The number of benzene rings is 1. The molecule has 3 N–H and O–H groups in total. The van der Waals surface area contributed by atoms with E-state index in [9.17, 15) is 9.59 Å². The molecule has 0 radical (unpaired) electrons. The largest absolute Gasteiger partial charge is 0.384 e. The lowest BCUT2D eigenvalue weighted by molar-refractivity contribution is -0.128. The van der Waals surface area contributed by atoms with Gasteiger partial charge in [0.15, 0.2) is 0 Å². The number of carbonyl (C=O) groups is 2. The summed E-state index contributed by atoms with van der Waals surface area (Å²) >= 11 is 0. The Hall–Kier alpha value is -1.88. The van der Waals surface area contributed by atoms with Crippen LogP contribution in [0.3, 0.4) is 0 Å². The number of hydrogen-bond acceptors (Lipinski definition) is 3. The molecule has 1 unspecified atom stereocenters. The van der Waals surface area contributed by atoms with Crippen molar-refractivity contribution in [3.63, 3.8) is 0 Å². The highest BCUT2D eigenvalue weighted by molar-refractivity contribution is 5.93. The molecule has 2 rings (SSSR count). The van der Waals surface area contributed by atoms with Crippen LogP contribution in [0, 0.1) is 0 Å². The Morgan fingerprint density at radius 1 is 1.50 bits per heavy atom. The van der Waals surface area contributed by atoms with E-state index in [0.717, 1.165) is 23.2 Å². The van der Waals surface area contributed by atoms with Gasteiger partial charge >= 0.3 is 0 Å². The van der Waals surface area contributed by atoms with E-state index in [0.29, 0.717) is 13.0 Å². The summed E-state index contributed by atoms with van der Waals surface area (Å²) in [4.78, 5) is 22.4. The Labute approximate surface area is 105 Å². The zero-order valence-electron chi connectivity index (χ0n) is 10.2. The second-order valence-corrected chi connectivity index (χ2v) is 4.43. The smallest absolute Gasteiger partial charge is 0.248 e. The summed E-state index contributed by atoms with van der Waals surface area (Å²) in [6, 6.07) is 5.67. The van der Waals surface area contributed by atoms with Crippen LogP contribution in [-0.4, -0.2) is 23.0 Å². The molecule has 1 aliphatic heterocycles. The van der Waals surface area contributed by atoms with Crippen LogP contribution in [0.5, 0.6) is 0 Å². The van der Waals surface area contributed by atoms with Crippen LogP contribution < -0.4 is 10.6 Å². The maximum Gasteiger partial charge on any atom is 0.248 e. The third kappa shape index (κ3) is 2.87. The summed E-state index contributed by atoms with van der Waals surface area (Å²) in [5.74, 6) is -0.348. The van der Waals surface area contributed by atoms with E-state index in [1.807, 2.05) is 18.2 Å². The Kier molecular flexibility index (Phi) is 3.62. The number of anilines is 1. The molecule has 5 heteroatoms. The minimum Gasteiger partial charge on any atom is -0.384 e. The van der Waals surface area contributed by atoms with E-state index in [1.54, 1.807) is 0 Å². The molecular weight excluding hydrogens is 232 g/mol. The molecule has 0 spiro atoms. The summed E-state index contributed by atoms with van der Waals surface area (Å²) in [6.45, 7) is 1.81. The average molecular weight is 248 g/mol. The fourth-order valence-corrected chi connectivity index (χ4v) is 1.88. The maximum absolute atomic E-state index is 11.2. The first-order valence-corrected chi connectivity index (χ1v) is 5.93. The van der Waals surface area contributed by atoms with Crippen LogP contribution >= 0.6 is 0 Å². The Morgan fingerprint density at radius 2 is 2.28 bits per heavy atom. The lowest BCUT2D eigenvalue weighted by Gasteiger charge is -2.17. The summed E-state index contributed by atoms with van der Waals surface area (Å²) in [5, 5.41) is 14.5. The lowest BCUT2D eigenvalue weighted by Crippen LogP contribution is -2.32. The third-order valence-electron chi connectivity index (χ3n) is 2.91. The Morgan fingerprint density at radius 3 is 3.00 bits per heavy atom. The van der Waals surface area contributed by atoms with Gasteiger partial charge in [0.25, 0.3) is 0 Å². The van der Waals surface area contributed by atoms with Crippen LogP contribution in [0.4, 0.5) is 5.69 Å². The third-order valence-corrected chi connectivity index (χ3v) is 2.91. The summed E-state index contributed by atoms with van der Waals surface area (Å²) < 4.78 is 0. The number of rotatable bonds is 3. The molecule has 1 heterocycles. The Balaban J connectivity index is 2.03. The number of fused-ring (bicyclic) bond motifs is 1. The molecule has 1 atom stereocenters. The number of carbonyl (C=O) groups excluding carboxylic acids is 2. The van der Waals surface area contributed by atoms with Gasteiger partial charge in [-0.05, 0) is 30.5 Å². The number of aryl methyl sites for hydroxylation is 1. The topological polar surface area (TPSA) is 78.4 Å². The van der Waals surface area contributed by atoms with Crippen LogP contribution in [0.25, 0.3) is 0 Å². The monoisotopic (exact) mass is 248 g/mol. The fraction of sp³-hybridized carbons (Fsp3) is 0.385. The van der Waals surface area contributed by atoms with Gasteiger partial charge in [-0.25, -0.2) is 0 Å². The molecule has 1 aromatic rings. The quantitative estimate of drug-likeness (QED) is 0.731. The summed E-state index contributed by atoms with van der Waals surface area (Å²) in [7, 11) is 0. The first-order chi connectivity index (χ1) is 8.56. The van der Waals surface area contributed by atoms with E-state index >= 15 is 0 Å². The van der Waals surface area contributed by atoms with Crippen molar-refractivity contribution in [3.05, 3.63) is 29.3 Å². The molecule has 2 amide bonds. The molecule has 0 fully saturated rings. The van der Waals surface area contributed by atoms with Crippen LogP contribution in [0.1, 0.15) is 24.5 Å². The van der Waals surface area contributed by atoms with Gasteiger partial charge in [0.2, 0.25) is 11.8 Å². The molecular formula is C13H16N2O3. The van der Waals surface area contributed by atoms with Crippen molar-refractivity contribution in [2.75, 3.05) is 5.32 Å². The van der Waals surface area contributed by atoms with Gasteiger partial charge < -0.3 is 15.7 Å². The van der Waals surface area contributed by atoms with E-state index in [-0.39, 0.29) is 11.8 Å². The van der Waals surface area contributed by atoms with Crippen molar-refractivity contribution in [1.82, 2.24) is 5.32 Å². The van der Waals surface area contributed by atoms with E-state index < -0.39 is 6.10 Å². The molecule has 0 bridgehead atoms. The standard InChI is InChI=1S/C13H16N2O3/c1-8(16)13(18)14-7-9-2-4-11-10(6-9)3-5-12(17)15-11/h2,4,6,8,16H,3,5,7H2,1H3,(H,14,18)(H,15,17). The van der Waals surface area contributed by atoms with Crippen molar-refractivity contribution in [2.24, 2.45) is 0 Å². The number of hydrogen-bond donors (Lipinski definition) is 3. The van der Waals surface area contributed by atoms with Crippen LogP contribution in [-0.2, 0) is 22.6 Å². The van der Waals surface area contributed by atoms with E-state index in [2.05, 4.69) is 10.6 Å². The van der Waals surface area contributed by atoms with Gasteiger partial charge in [-0.2, -0.15) is 0 Å². The molecule has 1 aliphatic rings. The lowest BCUT2D eigenvalue weighted by atomic mass is 10.0. The maximum atomic E-state index is 11.2. The second kappa shape index (κ2) is 5.18. The zero-order chi connectivity index (χ0) is 13.1. The molecule has 18 heavy (non-hydrogen) atoms. The van der Waals surface area contributed by atoms with Gasteiger partial charge in [0, 0.05) is 18.7 Å². The molecule has 0 aromatic heterocycles. The van der Waals surface area contributed by atoms with Gasteiger partial charge in [-0.1, -0.05) is 12.1 Å². The van der Waals surface area contributed by atoms with Crippen molar-refractivity contribution in [1.29, 1.82) is 0 Å². The SMILES string of the molecule is CC(O)C(=O)NCc1ccc2c(c1)CCC(=O)N2. The fourth-order valence-electron chi connectivity index (χ4n) is 1.88. The summed E-state index contributed by atoms with van der Waals surface area (Å²) in [5.41, 5.74) is 2.88. The molecule has 0 saturated heterocycles. The van der Waals surface area contributed by atoms with Crippen LogP contribution in [0.2, 0.25) is 0 Å². The normalized spacial score (nSPS) is 15.6. The number of amides is 2. The first kappa shape index (κ1) is 12.6. The van der Waals surface area contributed by atoms with Crippen molar-refractivity contribution in [3.8, 4) is 0 Å². The second-order valence-electron chi connectivity index (χ2n) is 4.43. The predicted molar refractivity (Wildman–Crippen MR) is 66.9 cm³/mol. The molecule has 1 aromatic carbocycles. The van der Waals surface area contributed by atoms with Crippen molar-refractivity contribution < 1.29 is 14.7 Å². The van der Waals surface area contributed by atoms with Crippen LogP contribution in [0.15, 0.2) is 18.2 Å². The Bertz CT molecular complexity index is 483. The van der Waals surface area contributed by atoms with E-state index in [4.69, 9.17) is 5.11 Å². The predicted octanol–water partition coefficient (Wildman–Crippen LogP) is 0.568. The van der Waals surface area contributed by atoms with Crippen molar-refractivity contribution in [2.45, 2.75) is 32.4 Å². The zero-order valence-corrected chi connectivity index (χ0v) is 10.2. The van der Waals surface area contributed by atoms with Gasteiger partial charge in [0.05, 0.1) is 0 Å². The average Bonchev–Trinajstić information content (AvgIpc) is 2.35. The molecule has 0 aliphatic carbocycles. The highest BCUT2D eigenvalue weighted by Crippen LogP contribution is 2.23. The minimum atomic E-state index is -0.998.